The molecule has 5 nitrogen and oxygen atoms in total. The highest BCUT2D eigenvalue weighted by Gasteiger charge is 2.14. The van der Waals surface area contributed by atoms with Crippen molar-refractivity contribution in [2.45, 2.75) is 26.7 Å². The molecule has 0 radical (unpaired) electrons. The first-order valence-electron chi connectivity index (χ1n) is 9.83. The van der Waals surface area contributed by atoms with Gasteiger partial charge in [-0.2, -0.15) is 0 Å². The SMILES string of the molecule is Cc1cccc(C(C)C)c1NC(=O)COC(=O)c1ccc(Oc2ccccc2)cc1. The summed E-state index contributed by atoms with van der Waals surface area (Å²) in [6, 6.07) is 21.8. The van der Waals surface area contributed by atoms with E-state index in [1.54, 1.807) is 24.3 Å². The van der Waals surface area contributed by atoms with Crippen molar-refractivity contribution in [3.8, 4) is 11.5 Å². The van der Waals surface area contributed by atoms with Gasteiger partial charge in [0.25, 0.3) is 5.91 Å². The lowest BCUT2D eigenvalue weighted by Crippen LogP contribution is -2.22. The predicted molar refractivity (Wildman–Crippen MR) is 117 cm³/mol. The molecule has 3 rings (SSSR count). The fraction of sp³-hybridized carbons (Fsp3) is 0.200. The van der Waals surface area contributed by atoms with Gasteiger partial charge in [-0.15, -0.1) is 0 Å². The molecule has 0 bridgehead atoms. The fourth-order valence-corrected chi connectivity index (χ4v) is 3.02. The Morgan fingerprint density at radius 3 is 2.20 bits per heavy atom. The van der Waals surface area contributed by atoms with Gasteiger partial charge in [-0.05, 0) is 60.4 Å². The van der Waals surface area contributed by atoms with Gasteiger partial charge < -0.3 is 14.8 Å². The molecule has 0 saturated carbocycles. The lowest BCUT2D eigenvalue weighted by molar-refractivity contribution is -0.119. The lowest BCUT2D eigenvalue weighted by atomic mass is 9.98. The van der Waals surface area contributed by atoms with E-state index in [9.17, 15) is 9.59 Å². The van der Waals surface area contributed by atoms with Crippen molar-refractivity contribution in [2.24, 2.45) is 0 Å². The van der Waals surface area contributed by atoms with Crippen LogP contribution in [0.1, 0.15) is 41.3 Å². The molecule has 0 heterocycles. The van der Waals surface area contributed by atoms with E-state index in [-0.39, 0.29) is 18.4 Å². The van der Waals surface area contributed by atoms with Gasteiger partial charge >= 0.3 is 5.97 Å². The summed E-state index contributed by atoms with van der Waals surface area (Å²) in [7, 11) is 0. The van der Waals surface area contributed by atoms with Crippen LogP contribution in [-0.2, 0) is 9.53 Å². The Morgan fingerprint density at radius 2 is 1.53 bits per heavy atom. The Morgan fingerprint density at radius 1 is 0.867 bits per heavy atom. The van der Waals surface area contributed by atoms with Gasteiger partial charge in [0, 0.05) is 5.69 Å². The average molecular weight is 403 g/mol. The minimum atomic E-state index is -0.565. The van der Waals surface area contributed by atoms with Gasteiger partial charge in [-0.3, -0.25) is 4.79 Å². The minimum Gasteiger partial charge on any atom is -0.457 e. The van der Waals surface area contributed by atoms with Crippen LogP contribution < -0.4 is 10.1 Å². The highest BCUT2D eigenvalue weighted by molar-refractivity contribution is 5.96. The second kappa shape index (κ2) is 9.74. The number of carbonyl (C=O) groups excluding carboxylic acids is 2. The van der Waals surface area contributed by atoms with Crippen molar-refractivity contribution < 1.29 is 19.1 Å². The van der Waals surface area contributed by atoms with Crippen LogP contribution in [0.25, 0.3) is 0 Å². The molecule has 30 heavy (non-hydrogen) atoms. The molecule has 1 amide bonds. The summed E-state index contributed by atoms with van der Waals surface area (Å²) in [5.74, 6) is 0.644. The molecule has 0 unspecified atom stereocenters. The highest BCUT2D eigenvalue weighted by atomic mass is 16.5. The second-order valence-electron chi connectivity index (χ2n) is 7.26. The number of rotatable bonds is 7. The first kappa shape index (κ1) is 21.1. The van der Waals surface area contributed by atoms with Crippen LogP contribution in [0.5, 0.6) is 11.5 Å². The maximum atomic E-state index is 12.3. The van der Waals surface area contributed by atoms with Crippen LogP contribution in [0.4, 0.5) is 5.69 Å². The Labute approximate surface area is 176 Å². The molecule has 0 aliphatic carbocycles. The summed E-state index contributed by atoms with van der Waals surface area (Å²) in [5.41, 5.74) is 3.14. The summed E-state index contributed by atoms with van der Waals surface area (Å²) in [6.45, 7) is 5.71. The molecule has 3 aromatic carbocycles. The zero-order chi connectivity index (χ0) is 21.5. The third-order valence-electron chi connectivity index (χ3n) is 4.59. The van der Waals surface area contributed by atoms with E-state index in [2.05, 4.69) is 19.2 Å². The highest BCUT2D eigenvalue weighted by Crippen LogP contribution is 2.27. The quantitative estimate of drug-likeness (QED) is 0.514. The largest absolute Gasteiger partial charge is 0.457 e. The van der Waals surface area contributed by atoms with Crippen molar-refractivity contribution in [1.82, 2.24) is 0 Å². The van der Waals surface area contributed by atoms with Crippen LogP contribution >= 0.6 is 0 Å². The van der Waals surface area contributed by atoms with Gasteiger partial charge in [-0.1, -0.05) is 50.2 Å². The zero-order valence-corrected chi connectivity index (χ0v) is 17.3. The number of hydrogen-bond donors (Lipinski definition) is 1. The van der Waals surface area contributed by atoms with Crippen LogP contribution in [0.2, 0.25) is 0 Å². The van der Waals surface area contributed by atoms with Gasteiger partial charge in [0.05, 0.1) is 5.56 Å². The predicted octanol–water partition coefficient (Wildman–Crippen LogP) is 5.71. The summed E-state index contributed by atoms with van der Waals surface area (Å²) in [4.78, 5) is 24.6. The topological polar surface area (TPSA) is 64.6 Å². The van der Waals surface area contributed by atoms with E-state index < -0.39 is 5.97 Å². The Bertz CT molecular complexity index is 1010. The number of esters is 1. The zero-order valence-electron chi connectivity index (χ0n) is 17.3. The molecule has 0 spiro atoms. The summed E-state index contributed by atoms with van der Waals surface area (Å²) < 4.78 is 10.9. The molecule has 0 atom stereocenters. The molecular weight excluding hydrogens is 378 g/mol. The molecule has 0 fully saturated rings. The number of aryl methyl sites for hydroxylation is 1. The van der Waals surface area contributed by atoms with E-state index in [0.29, 0.717) is 17.1 Å². The summed E-state index contributed by atoms with van der Waals surface area (Å²) >= 11 is 0. The summed E-state index contributed by atoms with van der Waals surface area (Å²) in [6.07, 6.45) is 0. The standard InChI is InChI=1S/C25H25NO4/c1-17(2)22-11-7-8-18(3)24(22)26-23(27)16-29-25(28)19-12-14-21(15-13-19)30-20-9-5-4-6-10-20/h4-15,17H,16H2,1-3H3,(H,26,27). The maximum Gasteiger partial charge on any atom is 0.338 e. The lowest BCUT2D eigenvalue weighted by Gasteiger charge is -2.16. The number of carbonyl (C=O) groups is 2. The van der Waals surface area contributed by atoms with Gasteiger partial charge in [0.2, 0.25) is 0 Å². The number of benzene rings is 3. The Balaban J connectivity index is 1.56. The molecule has 0 saturated heterocycles. The van der Waals surface area contributed by atoms with Gasteiger partial charge in [0.15, 0.2) is 6.61 Å². The number of hydrogen-bond acceptors (Lipinski definition) is 4. The van der Waals surface area contributed by atoms with Crippen LogP contribution in [-0.4, -0.2) is 18.5 Å². The van der Waals surface area contributed by atoms with Crippen LogP contribution in [0, 0.1) is 6.92 Å². The van der Waals surface area contributed by atoms with Crippen LogP contribution in [0.3, 0.4) is 0 Å². The van der Waals surface area contributed by atoms with Gasteiger partial charge in [-0.25, -0.2) is 4.79 Å². The van der Waals surface area contributed by atoms with E-state index in [4.69, 9.17) is 9.47 Å². The molecule has 1 N–H and O–H groups in total. The van der Waals surface area contributed by atoms with Crippen molar-refractivity contribution >= 4 is 17.6 Å². The van der Waals surface area contributed by atoms with Crippen molar-refractivity contribution in [3.63, 3.8) is 0 Å². The monoisotopic (exact) mass is 403 g/mol. The number of ether oxygens (including phenoxy) is 2. The Kier molecular flexibility index (Phi) is 6.86. The van der Waals surface area contributed by atoms with E-state index in [1.165, 1.54) is 0 Å². The number of para-hydroxylation sites is 2. The Hall–Kier alpha value is -3.60. The molecule has 3 aromatic rings. The third kappa shape index (κ3) is 5.47. The normalized spacial score (nSPS) is 10.5. The molecule has 0 aliphatic heterocycles. The molecule has 0 aliphatic rings. The smallest absolute Gasteiger partial charge is 0.338 e. The van der Waals surface area contributed by atoms with Crippen molar-refractivity contribution in [3.05, 3.63) is 89.5 Å². The molecule has 5 heteroatoms. The van der Waals surface area contributed by atoms with E-state index in [1.807, 2.05) is 55.5 Å². The number of nitrogens with one attached hydrogen (secondary N) is 1. The maximum absolute atomic E-state index is 12.3. The van der Waals surface area contributed by atoms with E-state index >= 15 is 0 Å². The van der Waals surface area contributed by atoms with Crippen molar-refractivity contribution in [1.29, 1.82) is 0 Å². The minimum absolute atomic E-state index is 0.263. The molecular formula is C25H25NO4. The number of amides is 1. The third-order valence-corrected chi connectivity index (χ3v) is 4.59. The number of anilines is 1. The molecule has 0 aromatic heterocycles. The van der Waals surface area contributed by atoms with Crippen LogP contribution in [0.15, 0.2) is 72.8 Å². The second-order valence-corrected chi connectivity index (χ2v) is 7.26. The summed E-state index contributed by atoms with van der Waals surface area (Å²) in [5, 5.41) is 2.87. The first-order valence-corrected chi connectivity index (χ1v) is 9.83. The molecule has 154 valence electrons. The fourth-order valence-electron chi connectivity index (χ4n) is 3.02. The first-order chi connectivity index (χ1) is 14.4. The van der Waals surface area contributed by atoms with E-state index in [0.717, 1.165) is 16.8 Å². The van der Waals surface area contributed by atoms with Crippen molar-refractivity contribution in [2.75, 3.05) is 11.9 Å². The van der Waals surface area contributed by atoms with Gasteiger partial charge in [0.1, 0.15) is 11.5 Å². The average Bonchev–Trinajstić information content (AvgIpc) is 2.74.